The summed E-state index contributed by atoms with van der Waals surface area (Å²) in [7, 11) is 0. The van der Waals surface area contributed by atoms with Gasteiger partial charge in [-0.15, -0.1) is 0 Å². The largest absolute Gasteiger partial charge is 0.310 e. The summed E-state index contributed by atoms with van der Waals surface area (Å²) in [5.41, 5.74) is 34.0. The molecule has 556 valence electrons. The van der Waals surface area contributed by atoms with E-state index in [1.54, 1.807) is 0 Å². The molecule has 0 saturated carbocycles. The van der Waals surface area contributed by atoms with Gasteiger partial charge in [0, 0.05) is 61.5 Å². The Morgan fingerprint density at radius 1 is 0.232 bits per heavy atom. The van der Waals surface area contributed by atoms with Gasteiger partial charge >= 0.3 is 0 Å². The number of anilines is 6. The summed E-state index contributed by atoms with van der Waals surface area (Å²) < 4.78 is 2.62. The van der Waals surface area contributed by atoms with Gasteiger partial charge in [0.15, 0.2) is 0 Å². The van der Waals surface area contributed by atoms with Crippen LogP contribution in [0.5, 0.6) is 0 Å². The minimum atomic E-state index is -0.348. The van der Waals surface area contributed by atoms with Crippen LogP contribution in [0, 0.1) is 0 Å². The molecule has 3 nitrogen and oxygen atoms in total. The quantitative estimate of drug-likeness (QED) is 0.0853. The second-order valence-corrected chi connectivity index (χ2v) is 39.9. The van der Waals surface area contributed by atoms with Crippen LogP contribution >= 0.6 is 0 Å². The second kappa shape index (κ2) is 25.3. The van der Waals surface area contributed by atoms with Crippen LogP contribution in [0.4, 0.5) is 34.1 Å². The zero-order chi connectivity index (χ0) is 78.6. The number of rotatable bonds is 8. The molecule has 0 N–H and O–H groups in total. The Balaban J connectivity index is 1.05. The Hall–Kier alpha value is -10.9. The van der Waals surface area contributed by atoms with Gasteiger partial charge in [0.2, 0.25) is 0 Å². The molecule has 2 aliphatic heterocycles. The summed E-state index contributed by atoms with van der Waals surface area (Å²) in [5.74, 6) is 0. The summed E-state index contributed by atoms with van der Waals surface area (Å²) in [5, 5.41) is 10.4. The molecule has 112 heavy (non-hydrogen) atoms. The van der Waals surface area contributed by atoms with Crippen molar-refractivity contribution in [2.24, 2.45) is 0 Å². The predicted octanol–water partition coefficient (Wildman–Crippen LogP) is 28.6. The molecule has 0 amide bonds. The van der Waals surface area contributed by atoms with Crippen molar-refractivity contribution >= 4 is 111 Å². The normalized spacial score (nSPS) is 13.7. The zero-order valence-electron chi connectivity index (χ0n) is 69.7. The molecule has 3 heterocycles. The minimum Gasteiger partial charge on any atom is -0.310 e. The third-order valence-electron chi connectivity index (χ3n) is 24.9. The molecule has 0 unspecified atom stereocenters. The number of nitrogens with zero attached hydrogens (tertiary/aromatic N) is 3. The number of hydrogen-bond acceptors (Lipinski definition) is 2. The fourth-order valence-corrected chi connectivity index (χ4v) is 18.4. The van der Waals surface area contributed by atoms with Crippen LogP contribution < -0.4 is 26.2 Å². The van der Waals surface area contributed by atoms with E-state index in [1.807, 2.05) is 0 Å². The number of hydrogen-bond donors (Lipinski definition) is 0. The lowest BCUT2D eigenvalue weighted by Crippen LogP contribution is -2.61. The molecule has 0 fully saturated rings. The first kappa shape index (κ1) is 72.6. The van der Waals surface area contributed by atoms with E-state index in [0.717, 1.165) is 17.1 Å². The van der Waals surface area contributed by atoms with Gasteiger partial charge in [0.05, 0.1) is 22.4 Å². The zero-order valence-corrected chi connectivity index (χ0v) is 69.7. The molecule has 2 aliphatic rings. The van der Waals surface area contributed by atoms with Crippen LogP contribution in [0.25, 0.3) is 115 Å². The molecular formula is C108H106BN3. The van der Waals surface area contributed by atoms with Crippen LogP contribution in [0.2, 0.25) is 0 Å². The van der Waals surface area contributed by atoms with Crippen molar-refractivity contribution in [1.29, 1.82) is 0 Å². The number of benzene rings is 15. The highest BCUT2D eigenvalue weighted by Gasteiger charge is 2.47. The average molecular weight is 1460 g/mol. The van der Waals surface area contributed by atoms with Gasteiger partial charge < -0.3 is 14.4 Å². The van der Waals surface area contributed by atoms with Gasteiger partial charge in [-0.3, -0.25) is 0 Å². The molecule has 16 aromatic rings. The van der Waals surface area contributed by atoms with Crippen LogP contribution in [-0.4, -0.2) is 11.3 Å². The first-order valence-electron chi connectivity index (χ1n) is 40.8. The van der Waals surface area contributed by atoms with Crippen molar-refractivity contribution in [3.8, 4) is 61.3 Å². The fourth-order valence-electron chi connectivity index (χ4n) is 18.4. The monoisotopic (exact) mass is 1460 g/mol. The van der Waals surface area contributed by atoms with Crippen molar-refractivity contribution in [1.82, 2.24) is 4.57 Å². The maximum Gasteiger partial charge on any atom is 0.252 e. The van der Waals surface area contributed by atoms with E-state index in [0.29, 0.717) is 0 Å². The standard InChI is InChI=1S/C108H106BN3/c1-102(2,3)73-39-25-35-69(53-73)83-58-77(106(13,14)15)59-84(70-36-26-40-74(54-70)103(4,5)6)100(83)111-91-57-68(65-31-23-22-24-32-65)45-49-87(91)109-88-50-48-80(110-89-51-46-66-33-29-43-81-82-44-30-34-67-47-52-90(110)98(96(67)82)97(89)95(66)81)64-92(88)112(94-63-79(108(19,20)21)62-93(111)99(94)109)101-85(71-37-27-41-75(55-71)104(7,8)9)60-78(107(16,17)18)61-86(101)72-38-28-42-76(56-72)105(10,11)12/h22-64H,1-21H3. The number of aromatic nitrogens is 1. The first-order chi connectivity index (χ1) is 53.0. The summed E-state index contributed by atoms with van der Waals surface area (Å²) >= 11 is 0. The third-order valence-corrected chi connectivity index (χ3v) is 24.9. The summed E-state index contributed by atoms with van der Waals surface area (Å²) in [6.07, 6.45) is 0. The third kappa shape index (κ3) is 11.9. The highest BCUT2D eigenvalue weighted by atomic mass is 15.2. The molecule has 0 atom stereocenters. The van der Waals surface area contributed by atoms with Crippen molar-refractivity contribution in [3.05, 3.63) is 300 Å². The lowest BCUT2D eigenvalue weighted by atomic mass is 9.33. The van der Waals surface area contributed by atoms with Gasteiger partial charge in [-0.25, -0.2) is 0 Å². The van der Waals surface area contributed by atoms with Crippen LogP contribution in [0.1, 0.15) is 184 Å². The van der Waals surface area contributed by atoms with Gasteiger partial charge in [0.25, 0.3) is 6.71 Å². The topological polar surface area (TPSA) is 11.4 Å². The van der Waals surface area contributed by atoms with Crippen LogP contribution in [0.3, 0.4) is 0 Å². The van der Waals surface area contributed by atoms with Crippen molar-refractivity contribution in [2.75, 3.05) is 9.80 Å². The van der Waals surface area contributed by atoms with Gasteiger partial charge in [-0.1, -0.05) is 340 Å². The van der Waals surface area contributed by atoms with Crippen LogP contribution in [0.15, 0.2) is 261 Å². The SMILES string of the molecule is CC(C)(C)c1cccc(-c2cc(C(C)(C)C)cc(-c3cccc(C(C)(C)C)c3)c2N2c3cc(-c4ccccc4)ccc3B3c4ccc(-n5c6ccc7cccc8c9cccc%10ccc5c(c%109)c6c78)cc4N(c4c(-c5cccc(C(C)(C)C)c5)cc(C(C)(C)C)cc4-c4cccc(C(C)(C)C)c4)c4cc(C(C)(C)C)cc2c43)c1. The fraction of sp³-hybridized carbons (Fsp3) is 0.259. The molecule has 15 aromatic carbocycles. The predicted molar refractivity (Wildman–Crippen MR) is 488 cm³/mol. The summed E-state index contributed by atoms with van der Waals surface area (Å²) in [4.78, 5) is 5.60. The highest BCUT2D eigenvalue weighted by Crippen LogP contribution is 2.57. The first-order valence-corrected chi connectivity index (χ1v) is 40.8. The Morgan fingerprint density at radius 3 is 0.946 bits per heavy atom. The van der Waals surface area contributed by atoms with Crippen molar-refractivity contribution in [2.45, 2.75) is 183 Å². The van der Waals surface area contributed by atoms with Gasteiger partial charge in [-0.05, 0) is 226 Å². The summed E-state index contributed by atoms with van der Waals surface area (Å²) in [6, 6.07) is 103. The molecule has 0 bridgehead atoms. The maximum absolute atomic E-state index is 2.81. The van der Waals surface area contributed by atoms with E-state index in [9.17, 15) is 0 Å². The van der Waals surface area contributed by atoms with Gasteiger partial charge in [0.1, 0.15) is 0 Å². The Kier molecular flexibility index (Phi) is 16.4. The molecule has 0 radical (unpaired) electrons. The van der Waals surface area contributed by atoms with Crippen molar-refractivity contribution in [3.63, 3.8) is 0 Å². The Morgan fingerprint density at radius 2 is 0.571 bits per heavy atom. The second-order valence-electron chi connectivity index (χ2n) is 39.9. The van der Waals surface area contributed by atoms with Crippen molar-refractivity contribution < 1.29 is 0 Å². The molecule has 1 aromatic heterocycles. The van der Waals surface area contributed by atoms with E-state index in [2.05, 4.69) is 421 Å². The van der Waals surface area contributed by atoms with E-state index in [-0.39, 0.29) is 44.6 Å². The molecule has 0 aliphatic carbocycles. The highest BCUT2D eigenvalue weighted by molar-refractivity contribution is 7.00. The smallest absolute Gasteiger partial charge is 0.252 e. The number of fused-ring (bicyclic) bond motifs is 5. The van der Waals surface area contributed by atoms with Crippen LogP contribution in [-0.2, 0) is 37.9 Å². The maximum atomic E-state index is 2.81. The summed E-state index contributed by atoms with van der Waals surface area (Å²) in [6.45, 7) is 49.7. The van der Waals surface area contributed by atoms with Gasteiger partial charge in [-0.2, -0.15) is 0 Å². The molecule has 0 saturated heterocycles. The molecule has 18 rings (SSSR count). The Bertz CT molecular complexity index is 6220. The average Bonchev–Trinajstić information content (AvgIpc) is 1.53. The lowest BCUT2D eigenvalue weighted by Gasteiger charge is -2.47. The van der Waals surface area contributed by atoms with E-state index < -0.39 is 0 Å². The lowest BCUT2D eigenvalue weighted by molar-refractivity contribution is 0.589. The molecule has 0 spiro atoms. The Labute approximate surface area is 665 Å². The molecular weight excluding hydrogens is 1350 g/mol. The minimum absolute atomic E-state index is 0.120. The van der Waals surface area contributed by atoms with E-state index in [1.165, 1.54) is 188 Å². The van der Waals surface area contributed by atoms with E-state index in [4.69, 9.17) is 0 Å². The van der Waals surface area contributed by atoms with E-state index >= 15 is 0 Å². The molecule has 4 heteroatoms.